The van der Waals surface area contributed by atoms with Crippen LogP contribution in [0, 0.1) is 5.92 Å². The minimum absolute atomic E-state index is 0.377. The van der Waals surface area contributed by atoms with Crippen molar-refractivity contribution in [1.29, 1.82) is 0 Å². The average Bonchev–Trinajstić information content (AvgIpc) is 2.94. The molecule has 112 valence electrons. The molecule has 2 unspecified atom stereocenters. The van der Waals surface area contributed by atoms with Crippen molar-refractivity contribution in [1.82, 2.24) is 10.2 Å². The first-order valence-corrected chi connectivity index (χ1v) is 7.74. The van der Waals surface area contributed by atoms with Gasteiger partial charge in [-0.25, -0.2) is 0 Å². The van der Waals surface area contributed by atoms with Crippen LogP contribution in [0.2, 0.25) is 0 Å². The lowest BCUT2D eigenvalue weighted by molar-refractivity contribution is 0.307. The molecule has 3 heteroatoms. The smallest absolute Gasteiger partial charge is 0.123 e. The van der Waals surface area contributed by atoms with E-state index >= 15 is 0 Å². The summed E-state index contributed by atoms with van der Waals surface area (Å²) >= 11 is 0. The van der Waals surface area contributed by atoms with E-state index < -0.39 is 0 Å². The zero-order valence-electron chi connectivity index (χ0n) is 13.3. The predicted molar refractivity (Wildman–Crippen MR) is 84.1 cm³/mol. The fourth-order valence-electron chi connectivity index (χ4n) is 2.99. The maximum Gasteiger partial charge on any atom is 0.123 e. The van der Waals surface area contributed by atoms with Crippen molar-refractivity contribution < 1.29 is 4.74 Å². The fraction of sp³-hybridized carbons (Fsp3) is 0.647. The third kappa shape index (κ3) is 3.53. The van der Waals surface area contributed by atoms with Crippen LogP contribution in [-0.2, 0) is 6.54 Å². The van der Waals surface area contributed by atoms with E-state index in [0.717, 1.165) is 18.2 Å². The van der Waals surface area contributed by atoms with Gasteiger partial charge in [-0.05, 0) is 50.6 Å². The Labute approximate surface area is 123 Å². The van der Waals surface area contributed by atoms with Gasteiger partial charge < -0.3 is 10.1 Å². The number of benzene rings is 1. The highest BCUT2D eigenvalue weighted by Gasteiger charge is 2.22. The first-order valence-electron chi connectivity index (χ1n) is 7.74. The fourth-order valence-corrected chi connectivity index (χ4v) is 2.99. The Balaban J connectivity index is 2.12. The van der Waals surface area contributed by atoms with E-state index in [4.69, 9.17) is 4.74 Å². The first kappa shape index (κ1) is 15.3. The summed E-state index contributed by atoms with van der Waals surface area (Å²) in [5.74, 6) is 1.89. The summed E-state index contributed by atoms with van der Waals surface area (Å²) in [5, 5.41) is 3.30. The molecule has 0 saturated carbocycles. The topological polar surface area (TPSA) is 24.5 Å². The van der Waals surface area contributed by atoms with Crippen molar-refractivity contribution in [2.75, 3.05) is 27.2 Å². The van der Waals surface area contributed by atoms with Crippen LogP contribution in [0.15, 0.2) is 18.2 Å². The Morgan fingerprint density at radius 3 is 2.85 bits per heavy atom. The number of likely N-dealkylation sites (tertiary alicyclic amines) is 1. The minimum Gasteiger partial charge on any atom is -0.496 e. The number of nitrogens with one attached hydrogen (secondary N) is 1. The molecule has 1 aliphatic heterocycles. The second kappa shape index (κ2) is 7.09. The van der Waals surface area contributed by atoms with E-state index in [1.54, 1.807) is 7.11 Å². The second-order valence-electron chi connectivity index (χ2n) is 5.88. The SMILES string of the molecule is CCC1CCN(Cc2cc(C(C)NC)ccc2OC)C1. The zero-order valence-corrected chi connectivity index (χ0v) is 13.3. The number of rotatable bonds is 6. The van der Waals surface area contributed by atoms with Crippen LogP contribution < -0.4 is 10.1 Å². The van der Waals surface area contributed by atoms with E-state index in [1.165, 1.54) is 37.1 Å². The van der Waals surface area contributed by atoms with Crippen LogP contribution in [-0.4, -0.2) is 32.1 Å². The minimum atomic E-state index is 0.377. The van der Waals surface area contributed by atoms with Gasteiger partial charge in [-0.15, -0.1) is 0 Å². The van der Waals surface area contributed by atoms with Crippen molar-refractivity contribution in [3.63, 3.8) is 0 Å². The molecule has 1 aliphatic rings. The molecule has 0 radical (unpaired) electrons. The number of ether oxygens (including phenoxy) is 1. The number of methoxy groups -OCH3 is 1. The molecule has 1 heterocycles. The van der Waals surface area contributed by atoms with Gasteiger partial charge in [-0.2, -0.15) is 0 Å². The van der Waals surface area contributed by atoms with Crippen LogP contribution in [0.3, 0.4) is 0 Å². The summed E-state index contributed by atoms with van der Waals surface area (Å²) in [7, 11) is 3.76. The molecular formula is C17H28N2O. The molecule has 1 aromatic rings. The van der Waals surface area contributed by atoms with E-state index in [2.05, 4.69) is 42.3 Å². The van der Waals surface area contributed by atoms with Crippen LogP contribution in [0.5, 0.6) is 5.75 Å². The zero-order chi connectivity index (χ0) is 14.5. The van der Waals surface area contributed by atoms with Gasteiger partial charge in [-0.1, -0.05) is 19.4 Å². The molecule has 0 amide bonds. The molecule has 1 N–H and O–H groups in total. The van der Waals surface area contributed by atoms with Crippen LogP contribution in [0.1, 0.15) is 43.9 Å². The van der Waals surface area contributed by atoms with Gasteiger partial charge in [0.05, 0.1) is 7.11 Å². The molecule has 1 saturated heterocycles. The number of hydrogen-bond acceptors (Lipinski definition) is 3. The lowest BCUT2D eigenvalue weighted by Crippen LogP contribution is -2.21. The van der Waals surface area contributed by atoms with Gasteiger partial charge >= 0.3 is 0 Å². The molecule has 2 rings (SSSR count). The second-order valence-corrected chi connectivity index (χ2v) is 5.88. The highest BCUT2D eigenvalue weighted by Crippen LogP contribution is 2.27. The average molecular weight is 276 g/mol. The summed E-state index contributed by atoms with van der Waals surface area (Å²) < 4.78 is 5.53. The Bertz CT molecular complexity index is 433. The molecule has 0 aromatic heterocycles. The Kier molecular flexibility index (Phi) is 5.44. The van der Waals surface area contributed by atoms with E-state index in [0.29, 0.717) is 6.04 Å². The predicted octanol–water partition coefficient (Wildman–Crippen LogP) is 3.21. The Hall–Kier alpha value is -1.06. The molecule has 20 heavy (non-hydrogen) atoms. The van der Waals surface area contributed by atoms with Crippen molar-refractivity contribution in [2.45, 2.75) is 39.3 Å². The van der Waals surface area contributed by atoms with Crippen molar-refractivity contribution >= 4 is 0 Å². The van der Waals surface area contributed by atoms with Crippen LogP contribution >= 0.6 is 0 Å². The molecule has 1 aromatic carbocycles. The molecule has 0 spiro atoms. The van der Waals surface area contributed by atoms with Crippen LogP contribution in [0.25, 0.3) is 0 Å². The van der Waals surface area contributed by atoms with Crippen molar-refractivity contribution in [3.05, 3.63) is 29.3 Å². The molecule has 3 nitrogen and oxygen atoms in total. The third-order valence-electron chi connectivity index (χ3n) is 4.58. The first-order chi connectivity index (χ1) is 9.67. The molecule has 1 fully saturated rings. The van der Waals surface area contributed by atoms with Gasteiger partial charge in [0.1, 0.15) is 5.75 Å². The summed E-state index contributed by atoms with van der Waals surface area (Å²) in [5.41, 5.74) is 2.64. The van der Waals surface area contributed by atoms with Crippen molar-refractivity contribution in [2.24, 2.45) is 5.92 Å². The maximum atomic E-state index is 5.53. The Morgan fingerprint density at radius 2 is 2.25 bits per heavy atom. The monoisotopic (exact) mass is 276 g/mol. The van der Waals surface area contributed by atoms with Crippen LogP contribution in [0.4, 0.5) is 0 Å². The number of hydrogen-bond donors (Lipinski definition) is 1. The molecular weight excluding hydrogens is 248 g/mol. The number of nitrogens with zero attached hydrogens (tertiary/aromatic N) is 1. The van der Waals surface area contributed by atoms with E-state index in [9.17, 15) is 0 Å². The summed E-state index contributed by atoms with van der Waals surface area (Å²) in [6, 6.07) is 6.93. The van der Waals surface area contributed by atoms with Gasteiger partial charge in [0.2, 0.25) is 0 Å². The lowest BCUT2D eigenvalue weighted by atomic mass is 10.0. The van der Waals surface area contributed by atoms with Gasteiger partial charge in [0.25, 0.3) is 0 Å². The molecule has 0 aliphatic carbocycles. The summed E-state index contributed by atoms with van der Waals surface area (Å²) in [6.45, 7) is 7.93. The third-order valence-corrected chi connectivity index (χ3v) is 4.58. The largest absolute Gasteiger partial charge is 0.496 e. The quantitative estimate of drug-likeness (QED) is 0.863. The van der Waals surface area contributed by atoms with Gasteiger partial charge in [0, 0.05) is 24.7 Å². The van der Waals surface area contributed by atoms with Gasteiger partial charge in [-0.3, -0.25) is 4.90 Å². The molecule has 2 atom stereocenters. The summed E-state index contributed by atoms with van der Waals surface area (Å²) in [6.07, 6.45) is 2.63. The van der Waals surface area contributed by atoms with Gasteiger partial charge in [0.15, 0.2) is 0 Å². The van der Waals surface area contributed by atoms with Crippen molar-refractivity contribution in [3.8, 4) is 5.75 Å². The highest BCUT2D eigenvalue weighted by atomic mass is 16.5. The maximum absolute atomic E-state index is 5.53. The lowest BCUT2D eigenvalue weighted by Gasteiger charge is -2.20. The normalized spacial score (nSPS) is 21.1. The highest BCUT2D eigenvalue weighted by molar-refractivity contribution is 5.38. The standard InChI is InChI=1S/C17H28N2O/c1-5-14-8-9-19(11-14)12-16-10-15(13(2)18-3)6-7-17(16)20-4/h6-7,10,13-14,18H,5,8-9,11-12H2,1-4H3. The molecule has 0 bridgehead atoms. The van der Waals surface area contributed by atoms with E-state index in [1.807, 2.05) is 7.05 Å². The van der Waals surface area contributed by atoms with E-state index in [-0.39, 0.29) is 0 Å². The Morgan fingerprint density at radius 1 is 1.45 bits per heavy atom. The summed E-state index contributed by atoms with van der Waals surface area (Å²) in [4.78, 5) is 2.56.